The summed E-state index contributed by atoms with van der Waals surface area (Å²) in [6.45, 7) is 1.77. The van der Waals surface area contributed by atoms with Crippen LogP contribution in [0.25, 0.3) is 0 Å². The summed E-state index contributed by atoms with van der Waals surface area (Å²) in [6.07, 6.45) is 0. The van der Waals surface area contributed by atoms with Crippen LogP contribution in [0.4, 0.5) is 5.69 Å². The van der Waals surface area contributed by atoms with Crippen molar-refractivity contribution in [2.24, 2.45) is 11.7 Å². The lowest BCUT2D eigenvalue weighted by atomic mass is 9.94. The number of amides is 2. The zero-order valence-corrected chi connectivity index (χ0v) is 15.5. The first-order valence-electron chi connectivity index (χ1n) is 8.36. The summed E-state index contributed by atoms with van der Waals surface area (Å²) in [4.78, 5) is 26.3. The molecule has 0 bridgehead atoms. The zero-order chi connectivity index (χ0) is 19.3. The van der Waals surface area contributed by atoms with E-state index in [2.05, 4.69) is 5.32 Å². The summed E-state index contributed by atoms with van der Waals surface area (Å²) >= 11 is 0. The highest BCUT2D eigenvalue weighted by atomic mass is 16.5. The molecule has 2 rings (SSSR count). The van der Waals surface area contributed by atoms with Crippen molar-refractivity contribution >= 4 is 17.5 Å². The molecule has 0 aliphatic heterocycles. The maximum absolute atomic E-state index is 12.7. The third-order valence-electron chi connectivity index (χ3n) is 4.25. The standard InChI is InChI=1S/C20H25N3O3/c1-13(18(21)14-8-6-5-7-9-14)19(24)22-16-12-15(20(25)23(2)3)10-11-17(16)26-4/h5-13,18H,21H2,1-4H3,(H,22,24). The number of hydrogen-bond donors (Lipinski definition) is 2. The Hall–Kier alpha value is -2.86. The molecule has 6 heteroatoms. The number of nitrogens with one attached hydrogen (secondary N) is 1. The van der Waals surface area contributed by atoms with E-state index >= 15 is 0 Å². The van der Waals surface area contributed by atoms with Crippen molar-refractivity contribution in [3.8, 4) is 5.75 Å². The number of anilines is 1. The van der Waals surface area contributed by atoms with Crippen LogP contribution in [0.3, 0.4) is 0 Å². The van der Waals surface area contributed by atoms with Crippen molar-refractivity contribution in [1.82, 2.24) is 4.90 Å². The van der Waals surface area contributed by atoms with Crippen LogP contribution in [-0.4, -0.2) is 37.9 Å². The largest absolute Gasteiger partial charge is 0.495 e. The SMILES string of the molecule is COc1ccc(C(=O)N(C)C)cc1NC(=O)C(C)C(N)c1ccccc1. The van der Waals surface area contributed by atoms with Gasteiger partial charge in [-0.25, -0.2) is 0 Å². The van der Waals surface area contributed by atoms with Crippen LogP contribution in [0, 0.1) is 5.92 Å². The number of ether oxygens (including phenoxy) is 1. The van der Waals surface area contributed by atoms with Crippen LogP contribution in [0.2, 0.25) is 0 Å². The molecule has 0 heterocycles. The summed E-state index contributed by atoms with van der Waals surface area (Å²) in [7, 11) is 4.86. The first-order valence-corrected chi connectivity index (χ1v) is 8.36. The summed E-state index contributed by atoms with van der Waals surface area (Å²) < 4.78 is 5.30. The number of hydrogen-bond acceptors (Lipinski definition) is 4. The van der Waals surface area contributed by atoms with Crippen LogP contribution < -0.4 is 15.8 Å². The molecule has 6 nitrogen and oxygen atoms in total. The van der Waals surface area contributed by atoms with Gasteiger partial charge in [-0.1, -0.05) is 37.3 Å². The van der Waals surface area contributed by atoms with Crippen molar-refractivity contribution in [3.63, 3.8) is 0 Å². The Bertz CT molecular complexity index is 775. The van der Waals surface area contributed by atoms with E-state index in [0.717, 1.165) is 5.56 Å². The Morgan fingerprint density at radius 1 is 1.12 bits per heavy atom. The van der Waals surface area contributed by atoms with E-state index in [1.807, 2.05) is 30.3 Å². The van der Waals surface area contributed by atoms with Crippen LogP contribution in [0.5, 0.6) is 5.75 Å². The monoisotopic (exact) mass is 355 g/mol. The molecular formula is C20H25N3O3. The number of carbonyl (C=O) groups excluding carboxylic acids is 2. The summed E-state index contributed by atoms with van der Waals surface area (Å²) in [5.74, 6) is -0.379. The van der Waals surface area contributed by atoms with Gasteiger partial charge in [0.1, 0.15) is 5.75 Å². The van der Waals surface area contributed by atoms with Gasteiger partial charge in [0.05, 0.1) is 18.7 Å². The van der Waals surface area contributed by atoms with Crippen molar-refractivity contribution in [2.75, 3.05) is 26.5 Å². The molecule has 2 amide bonds. The molecule has 138 valence electrons. The highest BCUT2D eigenvalue weighted by Gasteiger charge is 2.23. The second-order valence-corrected chi connectivity index (χ2v) is 6.33. The first kappa shape index (κ1) is 19.5. The second-order valence-electron chi connectivity index (χ2n) is 6.33. The molecular weight excluding hydrogens is 330 g/mol. The second kappa shape index (κ2) is 8.49. The minimum absolute atomic E-state index is 0.155. The van der Waals surface area contributed by atoms with Crippen molar-refractivity contribution in [3.05, 3.63) is 59.7 Å². The predicted octanol–water partition coefficient (Wildman–Crippen LogP) is 2.67. The fourth-order valence-corrected chi connectivity index (χ4v) is 2.57. The molecule has 0 saturated heterocycles. The quantitative estimate of drug-likeness (QED) is 0.834. The molecule has 0 aromatic heterocycles. The summed E-state index contributed by atoms with van der Waals surface area (Å²) in [5.41, 5.74) is 8.02. The Balaban J connectivity index is 2.21. The van der Waals surface area contributed by atoms with Gasteiger partial charge in [-0.15, -0.1) is 0 Å². The normalized spacial score (nSPS) is 12.8. The Morgan fingerprint density at radius 2 is 1.77 bits per heavy atom. The van der Waals surface area contributed by atoms with Crippen LogP contribution in [0.15, 0.2) is 48.5 Å². The fourth-order valence-electron chi connectivity index (χ4n) is 2.57. The van der Waals surface area contributed by atoms with Gasteiger partial charge in [-0.05, 0) is 23.8 Å². The van der Waals surface area contributed by atoms with E-state index in [9.17, 15) is 9.59 Å². The van der Waals surface area contributed by atoms with E-state index in [1.54, 1.807) is 39.2 Å². The van der Waals surface area contributed by atoms with Crippen molar-refractivity contribution in [1.29, 1.82) is 0 Å². The van der Waals surface area contributed by atoms with E-state index in [1.165, 1.54) is 12.0 Å². The van der Waals surface area contributed by atoms with E-state index in [4.69, 9.17) is 10.5 Å². The smallest absolute Gasteiger partial charge is 0.253 e. The Kier molecular flexibility index (Phi) is 6.36. The molecule has 26 heavy (non-hydrogen) atoms. The average Bonchev–Trinajstić information content (AvgIpc) is 2.66. The lowest BCUT2D eigenvalue weighted by molar-refractivity contribution is -0.120. The lowest BCUT2D eigenvalue weighted by Gasteiger charge is -2.21. The zero-order valence-electron chi connectivity index (χ0n) is 15.5. The highest BCUT2D eigenvalue weighted by Crippen LogP contribution is 2.28. The number of rotatable bonds is 6. The van der Waals surface area contributed by atoms with Gasteiger partial charge in [-0.2, -0.15) is 0 Å². The topological polar surface area (TPSA) is 84.7 Å². The Morgan fingerprint density at radius 3 is 2.35 bits per heavy atom. The van der Waals surface area contributed by atoms with Gasteiger partial charge in [0.15, 0.2) is 0 Å². The van der Waals surface area contributed by atoms with Crippen LogP contribution in [-0.2, 0) is 4.79 Å². The van der Waals surface area contributed by atoms with Crippen LogP contribution in [0.1, 0.15) is 28.9 Å². The summed E-state index contributed by atoms with van der Waals surface area (Å²) in [5, 5.41) is 2.83. The minimum atomic E-state index is -0.463. The number of benzene rings is 2. The molecule has 2 atom stereocenters. The third kappa shape index (κ3) is 4.40. The number of nitrogens with two attached hydrogens (primary N) is 1. The molecule has 3 N–H and O–H groups in total. The van der Waals surface area contributed by atoms with Crippen molar-refractivity contribution in [2.45, 2.75) is 13.0 Å². The van der Waals surface area contributed by atoms with Gasteiger partial charge in [0.25, 0.3) is 5.91 Å². The third-order valence-corrected chi connectivity index (χ3v) is 4.25. The first-order chi connectivity index (χ1) is 12.3. The van der Waals surface area contributed by atoms with E-state index < -0.39 is 12.0 Å². The molecule has 2 unspecified atom stereocenters. The molecule has 2 aromatic rings. The van der Waals surface area contributed by atoms with Gasteiger partial charge in [0, 0.05) is 25.7 Å². The fraction of sp³-hybridized carbons (Fsp3) is 0.300. The maximum atomic E-state index is 12.7. The molecule has 0 fully saturated rings. The Labute approximate surface area is 153 Å². The molecule has 2 aromatic carbocycles. The number of methoxy groups -OCH3 is 1. The van der Waals surface area contributed by atoms with Crippen molar-refractivity contribution < 1.29 is 14.3 Å². The average molecular weight is 355 g/mol. The molecule has 0 radical (unpaired) electrons. The number of carbonyl (C=O) groups is 2. The van der Waals surface area contributed by atoms with Gasteiger partial charge < -0.3 is 20.7 Å². The van der Waals surface area contributed by atoms with E-state index in [-0.39, 0.29) is 11.8 Å². The number of nitrogens with zero attached hydrogens (tertiary/aromatic N) is 1. The van der Waals surface area contributed by atoms with Gasteiger partial charge in [-0.3, -0.25) is 9.59 Å². The maximum Gasteiger partial charge on any atom is 0.253 e. The molecule has 0 aliphatic rings. The molecule has 0 spiro atoms. The lowest BCUT2D eigenvalue weighted by Crippen LogP contribution is -2.30. The van der Waals surface area contributed by atoms with Gasteiger partial charge >= 0.3 is 0 Å². The molecule has 0 saturated carbocycles. The highest BCUT2D eigenvalue weighted by molar-refractivity contribution is 5.98. The predicted molar refractivity (Wildman–Crippen MR) is 102 cm³/mol. The van der Waals surface area contributed by atoms with E-state index in [0.29, 0.717) is 17.0 Å². The minimum Gasteiger partial charge on any atom is -0.495 e. The van der Waals surface area contributed by atoms with Crippen LogP contribution >= 0.6 is 0 Å². The summed E-state index contributed by atoms with van der Waals surface area (Å²) in [6, 6.07) is 14.0. The molecule has 0 aliphatic carbocycles. The van der Waals surface area contributed by atoms with Gasteiger partial charge in [0.2, 0.25) is 5.91 Å².